The summed E-state index contributed by atoms with van der Waals surface area (Å²) in [6, 6.07) is 8.46. The molecule has 0 radical (unpaired) electrons. The quantitative estimate of drug-likeness (QED) is 0.222. The van der Waals surface area contributed by atoms with E-state index in [4.69, 9.17) is 37.9 Å². The molecule has 1 aromatic carbocycles. The van der Waals surface area contributed by atoms with Crippen LogP contribution < -0.4 is 0 Å². The number of ketones is 2. The third-order valence-corrected chi connectivity index (χ3v) is 16.3. The zero-order chi connectivity index (χ0) is 44.9. The van der Waals surface area contributed by atoms with E-state index in [0.717, 1.165) is 42.4 Å². The summed E-state index contributed by atoms with van der Waals surface area (Å²) in [6.45, 7) is 10.2. The first kappa shape index (κ1) is 46.7. The predicted octanol–water partition coefficient (Wildman–Crippen LogP) is 7.14. The predicted molar refractivity (Wildman–Crippen MR) is 236 cm³/mol. The molecule has 2 saturated carbocycles. The lowest BCUT2D eigenvalue weighted by Crippen LogP contribution is -2.59. The number of aryl methyl sites for hydroxylation is 1. The van der Waals surface area contributed by atoms with Gasteiger partial charge in [0.05, 0.1) is 30.8 Å². The molecule has 0 spiro atoms. The van der Waals surface area contributed by atoms with Crippen LogP contribution in [0.25, 0.3) is 5.57 Å². The van der Waals surface area contributed by atoms with E-state index in [1.807, 2.05) is 39.0 Å². The Hall–Kier alpha value is -2.81. The van der Waals surface area contributed by atoms with Gasteiger partial charge in [-0.3, -0.25) is 14.4 Å². The van der Waals surface area contributed by atoms with Crippen LogP contribution in [0, 0.1) is 54.3 Å². The Balaban J connectivity index is 1.14. The third-order valence-electron chi connectivity index (χ3n) is 16.3. The summed E-state index contributed by atoms with van der Waals surface area (Å²) in [7, 11) is 9.11. The highest BCUT2D eigenvalue weighted by molar-refractivity contribution is 6.24. The van der Waals surface area contributed by atoms with Crippen LogP contribution >= 0.6 is 0 Å². The second kappa shape index (κ2) is 19.6. The van der Waals surface area contributed by atoms with E-state index in [1.165, 1.54) is 0 Å². The summed E-state index contributed by atoms with van der Waals surface area (Å²) in [6.07, 6.45) is 6.90. The average molecular weight is 876 g/mol. The van der Waals surface area contributed by atoms with Gasteiger partial charge in [-0.05, 0) is 127 Å². The van der Waals surface area contributed by atoms with Gasteiger partial charge in [-0.15, -0.1) is 0 Å². The van der Waals surface area contributed by atoms with Crippen LogP contribution in [0.15, 0.2) is 42.0 Å². The molecular weight excluding hydrogens is 803 g/mol. The summed E-state index contributed by atoms with van der Waals surface area (Å²) in [5.41, 5.74) is 3.38. The van der Waals surface area contributed by atoms with E-state index >= 15 is 9.59 Å². The number of esters is 1. The summed E-state index contributed by atoms with van der Waals surface area (Å²) in [5, 5.41) is 0. The fourth-order valence-corrected chi connectivity index (χ4v) is 13.2. The Bertz CT molecular complexity index is 1880. The molecule has 19 atom stereocenters. The van der Waals surface area contributed by atoms with Gasteiger partial charge in [-0.25, -0.2) is 0 Å². The zero-order valence-corrected chi connectivity index (χ0v) is 39.2. The van der Waals surface area contributed by atoms with Crippen molar-refractivity contribution in [3.8, 4) is 0 Å². The van der Waals surface area contributed by atoms with E-state index in [9.17, 15) is 4.79 Å². The number of nitrogens with zero attached hydrogens (tertiary/aromatic N) is 1. The van der Waals surface area contributed by atoms with Crippen molar-refractivity contribution in [1.82, 2.24) is 4.90 Å². The largest absolute Gasteiger partial charge is 0.462 e. The van der Waals surface area contributed by atoms with Gasteiger partial charge >= 0.3 is 5.97 Å². The Morgan fingerprint density at radius 1 is 0.794 bits per heavy atom. The number of allylic oxidation sites excluding steroid dienone is 4. The fourth-order valence-electron chi connectivity index (χ4n) is 13.2. The first-order chi connectivity index (χ1) is 30.3. The van der Waals surface area contributed by atoms with Crippen LogP contribution in [0.2, 0.25) is 0 Å². The number of methoxy groups -OCH3 is 3. The van der Waals surface area contributed by atoms with Crippen LogP contribution in [0.1, 0.15) is 96.6 Å². The highest BCUT2D eigenvalue weighted by Crippen LogP contribution is 2.64. The maximum atomic E-state index is 15.3. The van der Waals surface area contributed by atoms with Gasteiger partial charge in [0.25, 0.3) is 0 Å². The van der Waals surface area contributed by atoms with E-state index in [1.54, 1.807) is 21.3 Å². The van der Waals surface area contributed by atoms with Crippen molar-refractivity contribution in [1.29, 1.82) is 0 Å². The van der Waals surface area contributed by atoms with Gasteiger partial charge in [-0.1, -0.05) is 55.8 Å². The Labute approximate surface area is 375 Å². The summed E-state index contributed by atoms with van der Waals surface area (Å²) >= 11 is 0. The van der Waals surface area contributed by atoms with Gasteiger partial charge in [0.15, 0.2) is 24.1 Å². The average Bonchev–Trinajstić information content (AvgIpc) is 3.94. The molecule has 0 bridgehead atoms. The lowest BCUT2D eigenvalue weighted by atomic mass is 9.57. The van der Waals surface area contributed by atoms with Gasteiger partial charge in [0, 0.05) is 50.7 Å². The van der Waals surface area contributed by atoms with Gasteiger partial charge < -0.3 is 42.8 Å². The molecule has 3 saturated heterocycles. The van der Waals surface area contributed by atoms with Crippen molar-refractivity contribution < 1.29 is 52.3 Å². The van der Waals surface area contributed by atoms with Crippen molar-refractivity contribution in [2.45, 2.75) is 160 Å². The second-order valence-electron chi connectivity index (χ2n) is 20.0. The highest BCUT2D eigenvalue weighted by atomic mass is 16.7. The molecule has 3 aliphatic heterocycles. The SMILES string of the molecule is CC[C@H]1CCC[C@H](O[C@H]2CC[C@H](N(C)C)[C@@H](C)O2)[C@@H](C)C(=O)C2=C[C@H]3[C@@H]4C[C@H](O[C@@H]5O[C@@H](C)[C@H](OC)[C@@H](OC)[C@H]5OC)C[C@H]4C4C=C(c5cccc(C)c5)C(=O)C4[C@H]3[C@@H]2CC(=O)O1. The zero-order valence-electron chi connectivity index (χ0n) is 39.2. The lowest BCUT2D eigenvalue weighted by Gasteiger charge is -2.45. The number of likely N-dealkylation sites (N-methyl/N-ethyl adjacent to an activating group) is 1. The number of carbonyl (C=O) groups excluding carboxylic acids is 3. The smallest absolute Gasteiger partial charge is 0.306 e. The second-order valence-corrected chi connectivity index (χ2v) is 20.0. The van der Waals surface area contributed by atoms with Crippen LogP contribution in [-0.4, -0.2) is 125 Å². The minimum absolute atomic E-state index is 0.00288. The summed E-state index contributed by atoms with van der Waals surface area (Å²) < 4.78 is 50.6. The summed E-state index contributed by atoms with van der Waals surface area (Å²) in [5.74, 6) is -1.81. The topological polar surface area (TPSA) is 128 Å². The number of fused-ring (bicyclic) bond motifs is 8. The summed E-state index contributed by atoms with van der Waals surface area (Å²) in [4.78, 5) is 46.7. The molecule has 4 aliphatic carbocycles. The van der Waals surface area contributed by atoms with E-state index in [-0.39, 0.29) is 90.2 Å². The molecular formula is C51H73NO11. The van der Waals surface area contributed by atoms with E-state index < -0.39 is 42.5 Å². The van der Waals surface area contributed by atoms with Gasteiger partial charge in [0.2, 0.25) is 0 Å². The van der Waals surface area contributed by atoms with E-state index in [0.29, 0.717) is 37.3 Å². The van der Waals surface area contributed by atoms with Gasteiger partial charge in [0.1, 0.15) is 24.4 Å². The normalized spacial score (nSPS) is 43.2. The van der Waals surface area contributed by atoms with Crippen molar-refractivity contribution in [2.24, 2.45) is 47.3 Å². The molecule has 0 aromatic heterocycles. The number of rotatable bonds is 10. The number of hydrogen-bond acceptors (Lipinski definition) is 12. The minimum Gasteiger partial charge on any atom is -0.462 e. The molecule has 12 heteroatoms. The van der Waals surface area contributed by atoms with Crippen molar-refractivity contribution in [3.63, 3.8) is 0 Å². The first-order valence-corrected chi connectivity index (χ1v) is 23.9. The number of benzene rings is 1. The van der Waals surface area contributed by atoms with Crippen LogP contribution in [0.3, 0.4) is 0 Å². The number of cyclic esters (lactones) is 1. The Kier molecular flexibility index (Phi) is 14.5. The Morgan fingerprint density at radius 3 is 2.19 bits per heavy atom. The monoisotopic (exact) mass is 876 g/mol. The molecule has 348 valence electrons. The number of ether oxygens (including phenoxy) is 8. The molecule has 1 aromatic rings. The number of carbonyl (C=O) groups is 3. The lowest BCUT2D eigenvalue weighted by molar-refractivity contribution is -0.314. The number of hydrogen-bond donors (Lipinski definition) is 0. The van der Waals surface area contributed by atoms with Crippen molar-refractivity contribution >= 4 is 23.1 Å². The molecule has 0 N–H and O–H groups in total. The third kappa shape index (κ3) is 9.06. The molecule has 2 unspecified atom stereocenters. The van der Waals surface area contributed by atoms with Crippen LogP contribution in [0.4, 0.5) is 0 Å². The highest BCUT2D eigenvalue weighted by Gasteiger charge is 2.62. The molecule has 0 amide bonds. The molecule has 5 fully saturated rings. The maximum Gasteiger partial charge on any atom is 0.306 e. The van der Waals surface area contributed by atoms with Gasteiger partial charge in [-0.2, -0.15) is 0 Å². The van der Waals surface area contributed by atoms with Crippen LogP contribution in [0.5, 0.6) is 0 Å². The Morgan fingerprint density at radius 2 is 1.52 bits per heavy atom. The van der Waals surface area contributed by atoms with Crippen LogP contribution in [-0.2, 0) is 52.3 Å². The molecule has 63 heavy (non-hydrogen) atoms. The van der Waals surface area contributed by atoms with Crippen molar-refractivity contribution in [3.05, 3.63) is 53.1 Å². The first-order valence-electron chi connectivity index (χ1n) is 23.9. The fraction of sp³-hybridized carbons (Fsp3) is 0.745. The maximum absolute atomic E-state index is 15.3. The minimum atomic E-state index is -0.691. The number of Topliss-reactive ketones (excluding diaryl/α,β-unsaturated/α-hetero) is 2. The standard InChI is InChI=1S/C51H73NO11/c1-11-31-16-13-17-41(63-43-19-18-40(52(6)7)28(4)59-43)27(3)46(54)39-24-36-34-21-32(62-51-50(58-10)49(57-9)48(56-8)29(5)60-51)22-35(34)37-23-33(30-15-12-14-26(2)20-30)47(55)45(37)44(36)38(39)25-42(53)61-31/h12,14-15,20,23-24,27-29,31-32,34-38,40-41,43-45,48-51H,11,13,16-19,21-22,25H2,1-10H3/t27-,28-,29+,31+,32+,34-,35-,36+,37?,38-,40+,41+,43+,44-,45?,48+,49-,50-,51+/m1/s1. The molecule has 7 aliphatic rings. The molecule has 3 heterocycles. The molecule has 8 rings (SSSR count). The molecule has 12 nitrogen and oxygen atoms in total. The van der Waals surface area contributed by atoms with Crippen molar-refractivity contribution in [2.75, 3.05) is 35.4 Å². The van der Waals surface area contributed by atoms with E-state index in [2.05, 4.69) is 51.1 Å².